The lowest BCUT2D eigenvalue weighted by Crippen LogP contribution is -2.28. The average molecular weight is 491 g/mol. The van der Waals surface area contributed by atoms with Crippen molar-refractivity contribution in [2.24, 2.45) is 0 Å². The van der Waals surface area contributed by atoms with Crippen LogP contribution in [-0.2, 0) is 0 Å². The van der Waals surface area contributed by atoms with Gasteiger partial charge in [-0.1, -0.05) is 0 Å². The lowest BCUT2D eigenvalue weighted by atomic mass is 10.1. The minimum absolute atomic E-state index is 0.0619. The summed E-state index contributed by atoms with van der Waals surface area (Å²) in [6.45, 7) is 1.41. The van der Waals surface area contributed by atoms with Crippen molar-refractivity contribution in [3.63, 3.8) is 0 Å². The van der Waals surface area contributed by atoms with Gasteiger partial charge in [-0.3, -0.25) is 9.89 Å². The smallest absolute Gasteiger partial charge is 0.281 e. The van der Waals surface area contributed by atoms with Gasteiger partial charge in [-0.2, -0.15) is 15.3 Å². The second kappa shape index (κ2) is 8.97. The fraction of sp³-hybridized carbons (Fsp3) is 0.200. The lowest BCUT2D eigenvalue weighted by molar-refractivity contribution is 0.145. The maximum atomic E-state index is 14.0. The van der Waals surface area contributed by atoms with E-state index >= 15 is 0 Å². The van der Waals surface area contributed by atoms with Gasteiger partial charge >= 0.3 is 0 Å². The second-order valence-corrected chi connectivity index (χ2v) is 7.21. The van der Waals surface area contributed by atoms with Crippen LogP contribution in [0.1, 0.15) is 48.5 Å². The van der Waals surface area contributed by atoms with Crippen molar-refractivity contribution >= 4 is 22.7 Å². The Morgan fingerprint density at radius 1 is 1.17 bits per heavy atom. The van der Waals surface area contributed by atoms with Gasteiger partial charge in [0.15, 0.2) is 5.82 Å². The van der Waals surface area contributed by atoms with Crippen molar-refractivity contribution in [1.29, 1.82) is 5.26 Å². The third kappa shape index (κ3) is 4.21. The second-order valence-electron chi connectivity index (χ2n) is 7.21. The van der Waals surface area contributed by atoms with Crippen LogP contribution in [0.5, 0.6) is 0 Å². The highest BCUT2D eigenvalue weighted by atomic mass is 19.3. The van der Waals surface area contributed by atoms with Crippen molar-refractivity contribution in [1.82, 2.24) is 29.7 Å². The maximum Gasteiger partial charge on any atom is 0.281 e. The number of hydrogen-bond donors (Lipinski definition) is 3. The number of halogens is 5. The Bertz CT molecular complexity index is 1510. The highest BCUT2D eigenvalue weighted by Gasteiger charge is 2.26. The number of alkyl halides is 4. The molecule has 180 valence electrons. The molecule has 0 spiro atoms. The molecule has 0 bridgehead atoms. The van der Waals surface area contributed by atoms with Crippen molar-refractivity contribution in [3.05, 3.63) is 63.2 Å². The van der Waals surface area contributed by atoms with Gasteiger partial charge in [-0.05, 0) is 19.1 Å². The summed E-state index contributed by atoms with van der Waals surface area (Å²) in [4.78, 5) is 24.6. The quantitative estimate of drug-likeness (QED) is 0.347. The number of benzene rings is 1. The van der Waals surface area contributed by atoms with Crippen molar-refractivity contribution in [2.45, 2.75) is 25.8 Å². The molecule has 1 atom stereocenters. The molecule has 0 saturated carbocycles. The first kappa shape index (κ1) is 23.5. The van der Waals surface area contributed by atoms with Crippen LogP contribution in [0.3, 0.4) is 0 Å². The van der Waals surface area contributed by atoms with Crippen molar-refractivity contribution in [2.75, 3.05) is 11.1 Å². The van der Waals surface area contributed by atoms with Crippen LogP contribution in [-0.4, -0.2) is 29.7 Å². The monoisotopic (exact) mass is 491 g/mol. The van der Waals surface area contributed by atoms with Gasteiger partial charge in [0.05, 0.1) is 23.1 Å². The Morgan fingerprint density at radius 3 is 2.51 bits per heavy atom. The average Bonchev–Trinajstić information content (AvgIpc) is 3.32. The van der Waals surface area contributed by atoms with Gasteiger partial charge in [0.25, 0.3) is 18.4 Å². The maximum absolute atomic E-state index is 14.0. The lowest BCUT2D eigenvalue weighted by Gasteiger charge is -2.21. The third-order valence-corrected chi connectivity index (χ3v) is 4.97. The van der Waals surface area contributed by atoms with Crippen LogP contribution in [0.15, 0.2) is 29.2 Å². The molecule has 10 nitrogen and oxygen atoms in total. The molecule has 0 aliphatic carbocycles. The minimum atomic E-state index is -3.15. The normalized spacial score (nSPS) is 12.3. The van der Waals surface area contributed by atoms with E-state index in [1.807, 2.05) is 0 Å². The predicted molar refractivity (Wildman–Crippen MR) is 113 cm³/mol. The molecule has 1 unspecified atom stereocenters. The summed E-state index contributed by atoms with van der Waals surface area (Å²) in [5.74, 6) is -2.13. The van der Waals surface area contributed by atoms with Gasteiger partial charge in [0.2, 0.25) is 5.95 Å². The fourth-order valence-electron chi connectivity index (χ4n) is 3.50. The number of anilines is 2. The molecular weight excluding hydrogens is 477 g/mol. The van der Waals surface area contributed by atoms with Gasteiger partial charge in [-0.15, -0.1) is 0 Å². The molecule has 1 aromatic carbocycles. The number of nitrogens with one attached hydrogen (secondary N) is 2. The highest BCUT2D eigenvalue weighted by molar-refractivity contribution is 5.82. The van der Waals surface area contributed by atoms with Gasteiger partial charge in [0.1, 0.15) is 34.8 Å². The summed E-state index contributed by atoms with van der Waals surface area (Å²) in [6, 6.07) is 3.19. The van der Waals surface area contributed by atoms with E-state index in [1.54, 1.807) is 6.07 Å². The number of fused-ring (bicyclic) bond motifs is 1. The molecule has 3 heterocycles. The molecule has 0 saturated heterocycles. The van der Waals surface area contributed by atoms with Crippen LogP contribution in [0.2, 0.25) is 0 Å². The summed E-state index contributed by atoms with van der Waals surface area (Å²) in [6.07, 6.45) is -4.99. The number of aromatic nitrogens is 6. The number of nitrogens with zero attached hydrogens (tertiary/aromatic N) is 6. The predicted octanol–water partition coefficient (Wildman–Crippen LogP) is 3.54. The summed E-state index contributed by atoms with van der Waals surface area (Å²) < 4.78 is 69.0. The number of nitriles is 1. The Hall–Kier alpha value is -4.61. The molecule has 15 heteroatoms. The Kier molecular flexibility index (Phi) is 6.03. The summed E-state index contributed by atoms with van der Waals surface area (Å²) in [5.41, 5.74) is 1.81. The number of nitrogen functional groups attached to an aromatic ring is 1. The summed E-state index contributed by atoms with van der Waals surface area (Å²) in [7, 11) is 0. The largest absolute Gasteiger partial charge is 0.368 e. The highest BCUT2D eigenvalue weighted by Crippen LogP contribution is 2.30. The molecule has 4 aromatic rings. The molecule has 35 heavy (non-hydrogen) atoms. The molecule has 4 rings (SSSR count). The molecule has 0 aliphatic rings. The SMILES string of the molecule is CC(Nc1nc(N)nc(C(F)F)c1C#N)c1nc2c(C(F)F)cc(F)cc2c(=O)n1-c1ccn[nH]1. The van der Waals surface area contributed by atoms with E-state index in [0.29, 0.717) is 6.07 Å². The minimum Gasteiger partial charge on any atom is -0.368 e. The molecule has 4 N–H and O–H groups in total. The van der Waals surface area contributed by atoms with Gasteiger partial charge in [0, 0.05) is 11.6 Å². The zero-order valence-corrected chi connectivity index (χ0v) is 17.6. The van der Waals surface area contributed by atoms with E-state index in [4.69, 9.17) is 5.73 Å². The van der Waals surface area contributed by atoms with E-state index in [9.17, 15) is 32.0 Å². The van der Waals surface area contributed by atoms with Crippen LogP contribution in [0, 0.1) is 17.1 Å². The Morgan fingerprint density at radius 2 is 1.91 bits per heavy atom. The molecule has 0 aliphatic heterocycles. The van der Waals surface area contributed by atoms with Crippen molar-refractivity contribution < 1.29 is 22.0 Å². The number of nitrogens with two attached hydrogens (primary N) is 1. The number of hydrogen-bond acceptors (Lipinski definition) is 8. The van der Waals surface area contributed by atoms with Crippen LogP contribution in [0.25, 0.3) is 16.7 Å². The zero-order chi connectivity index (χ0) is 25.4. The molecular formula is C20H14F5N9O. The van der Waals surface area contributed by atoms with E-state index in [0.717, 1.165) is 10.6 Å². The first-order valence-electron chi connectivity index (χ1n) is 9.78. The number of rotatable bonds is 6. The fourth-order valence-corrected chi connectivity index (χ4v) is 3.50. The molecule has 0 amide bonds. The van der Waals surface area contributed by atoms with E-state index < -0.39 is 63.9 Å². The first-order chi connectivity index (χ1) is 16.6. The number of H-pyrrole nitrogens is 1. The molecule has 3 aromatic heterocycles. The molecule has 0 radical (unpaired) electrons. The van der Waals surface area contributed by atoms with Crippen molar-refractivity contribution in [3.8, 4) is 11.9 Å². The summed E-state index contributed by atoms with van der Waals surface area (Å²) >= 11 is 0. The van der Waals surface area contributed by atoms with Gasteiger partial charge in [-0.25, -0.2) is 36.5 Å². The van der Waals surface area contributed by atoms with Crippen LogP contribution in [0.4, 0.5) is 33.7 Å². The zero-order valence-electron chi connectivity index (χ0n) is 17.6. The van der Waals surface area contributed by atoms with Gasteiger partial charge < -0.3 is 11.1 Å². The van der Waals surface area contributed by atoms with Crippen LogP contribution < -0.4 is 16.6 Å². The Balaban J connectivity index is 1.96. The number of aromatic amines is 1. The van der Waals surface area contributed by atoms with E-state index in [-0.39, 0.29) is 17.5 Å². The van der Waals surface area contributed by atoms with E-state index in [2.05, 4.69) is 30.5 Å². The van der Waals surface area contributed by atoms with E-state index in [1.165, 1.54) is 19.2 Å². The summed E-state index contributed by atoms with van der Waals surface area (Å²) in [5, 5.41) is 17.9. The first-order valence-corrected chi connectivity index (χ1v) is 9.78. The topological polar surface area (TPSA) is 151 Å². The van der Waals surface area contributed by atoms with Crippen LogP contribution >= 0.6 is 0 Å². The standard InChI is InChI=1S/C20H14F5N9O/c1-7(29-17-11(6-26)14(16(24)25)31-20(27)32-17)18-30-13-9(15(22)23)4-8(21)5-10(13)19(35)34(18)12-2-3-28-33-12/h2-5,7,15-16H,1H3,(H,28,33)(H3,27,29,31,32). The third-order valence-electron chi connectivity index (χ3n) is 4.97. The molecule has 0 fully saturated rings. The Labute approximate surface area is 192 Å².